The Morgan fingerprint density at radius 1 is 1.14 bits per heavy atom. The first-order valence-electron chi connectivity index (χ1n) is 4.93. The van der Waals surface area contributed by atoms with E-state index in [0.29, 0.717) is 0 Å². The maximum Gasteiger partial charge on any atom is 0.228 e. The third-order valence-electron chi connectivity index (χ3n) is 1.74. The molecule has 0 bridgehead atoms. The quantitative estimate of drug-likeness (QED) is 0.435. The van der Waals surface area contributed by atoms with Gasteiger partial charge in [-0.1, -0.05) is 64.1 Å². The third-order valence-corrected chi connectivity index (χ3v) is 2.56. The van der Waals surface area contributed by atoms with Crippen LogP contribution in [0.2, 0.25) is 0 Å². The van der Waals surface area contributed by atoms with E-state index in [1.807, 2.05) is 25.7 Å². The Morgan fingerprint density at radius 3 is 1.79 bits per heavy atom. The highest BCUT2D eigenvalue weighted by Gasteiger charge is 2.28. The van der Waals surface area contributed by atoms with Crippen molar-refractivity contribution in [2.24, 2.45) is 10.8 Å². The maximum atomic E-state index is 12.0. The molecule has 0 saturated heterocycles. The summed E-state index contributed by atoms with van der Waals surface area (Å²) in [5.41, 5.74) is -0.0947. The third kappa shape index (κ3) is 5.17. The van der Waals surface area contributed by atoms with Crippen LogP contribution in [0, 0.1) is 10.8 Å². The van der Waals surface area contributed by atoms with Crippen LogP contribution in [-0.2, 0) is 4.79 Å². The van der Waals surface area contributed by atoms with Gasteiger partial charge in [-0.3, -0.25) is 4.79 Å². The van der Waals surface area contributed by atoms with Crippen molar-refractivity contribution in [3.63, 3.8) is 0 Å². The molecule has 0 rings (SSSR count). The zero-order valence-corrected chi connectivity index (χ0v) is 12.3. The van der Waals surface area contributed by atoms with Gasteiger partial charge in [0.15, 0.2) is 0 Å². The molecular formula is C11H22INO. The van der Waals surface area contributed by atoms with Crippen LogP contribution in [0.4, 0.5) is 0 Å². The Hall–Kier alpha value is 0.200. The minimum Gasteiger partial charge on any atom is -0.333 e. The summed E-state index contributed by atoms with van der Waals surface area (Å²) in [4.78, 5) is 13.9. The molecule has 0 atom stereocenters. The molecule has 0 fully saturated rings. The molecule has 0 unspecified atom stereocenters. The van der Waals surface area contributed by atoms with Crippen LogP contribution < -0.4 is 0 Å². The van der Waals surface area contributed by atoms with Gasteiger partial charge in [0.05, 0.1) is 4.55 Å². The summed E-state index contributed by atoms with van der Waals surface area (Å²) in [5, 5.41) is 0. The van der Waals surface area contributed by atoms with Crippen molar-refractivity contribution in [3.8, 4) is 0 Å². The number of rotatable bonds is 2. The lowest BCUT2D eigenvalue weighted by Crippen LogP contribution is -2.42. The normalized spacial score (nSPS) is 12.8. The summed E-state index contributed by atoms with van der Waals surface area (Å²) in [6, 6.07) is 0. The van der Waals surface area contributed by atoms with E-state index < -0.39 is 0 Å². The van der Waals surface area contributed by atoms with E-state index in [0.717, 1.165) is 11.1 Å². The van der Waals surface area contributed by atoms with E-state index in [-0.39, 0.29) is 16.7 Å². The van der Waals surface area contributed by atoms with Crippen molar-refractivity contribution >= 4 is 28.5 Å². The second-order valence-electron chi connectivity index (χ2n) is 5.93. The van der Waals surface area contributed by atoms with Gasteiger partial charge < -0.3 is 4.90 Å². The number of nitrogens with zero attached hydrogens (tertiary/aromatic N) is 1. The summed E-state index contributed by atoms with van der Waals surface area (Å²) in [6.07, 6.45) is 0. The molecule has 0 radical (unpaired) electrons. The molecule has 0 aromatic heterocycles. The van der Waals surface area contributed by atoms with Crippen molar-refractivity contribution in [1.82, 2.24) is 4.90 Å². The number of hydrogen-bond donors (Lipinski definition) is 0. The zero-order valence-electron chi connectivity index (χ0n) is 10.1. The van der Waals surface area contributed by atoms with Gasteiger partial charge in [-0.2, -0.15) is 0 Å². The molecule has 3 heteroatoms. The lowest BCUT2D eigenvalue weighted by molar-refractivity contribution is -0.139. The Kier molecular flexibility index (Phi) is 4.88. The van der Waals surface area contributed by atoms with E-state index in [1.165, 1.54) is 0 Å². The SMILES string of the molecule is CC(C)(C)CN(CI)C(=O)C(C)(C)C. The van der Waals surface area contributed by atoms with Crippen molar-refractivity contribution in [1.29, 1.82) is 0 Å². The zero-order chi connectivity index (χ0) is 11.6. The largest absolute Gasteiger partial charge is 0.333 e. The van der Waals surface area contributed by atoms with Crippen LogP contribution in [0.5, 0.6) is 0 Å². The van der Waals surface area contributed by atoms with Crippen molar-refractivity contribution in [2.75, 3.05) is 11.1 Å². The number of hydrogen-bond acceptors (Lipinski definition) is 1. The molecule has 0 spiro atoms. The summed E-state index contributed by atoms with van der Waals surface area (Å²) < 4.78 is 0.769. The molecule has 14 heavy (non-hydrogen) atoms. The standard InChI is InChI=1S/C11H22INO/c1-10(2,3)7-13(8-12)9(14)11(4,5)6/h7-8H2,1-6H3. The smallest absolute Gasteiger partial charge is 0.228 e. The Bertz CT molecular complexity index is 200. The van der Waals surface area contributed by atoms with E-state index in [2.05, 4.69) is 43.4 Å². The highest BCUT2D eigenvalue weighted by atomic mass is 127. The topological polar surface area (TPSA) is 20.3 Å². The molecular weight excluding hydrogens is 289 g/mol. The molecule has 0 aliphatic heterocycles. The molecule has 0 aromatic rings. The van der Waals surface area contributed by atoms with Crippen LogP contribution in [0.25, 0.3) is 0 Å². The van der Waals surface area contributed by atoms with Crippen molar-refractivity contribution in [3.05, 3.63) is 0 Å². The van der Waals surface area contributed by atoms with Crippen LogP contribution in [0.3, 0.4) is 0 Å². The van der Waals surface area contributed by atoms with E-state index in [1.54, 1.807) is 0 Å². The molecule has 0 N–H and O–H groups in total. The highest BCUT2D eigenvalue weighted by molar-refractivity contribution is 14.1. The fraction of sp³-hybridized carbons (Fsp3) is 0.909. The molecule has 0 aliphatic carbocycles. The number of amides is 1. The van der Waals surface area contributed by atoms with Crippen molar-refractivity contribution < 1.29 is 4.79 Å². The van der Waals surface area contributed by atoms with Gasteiger partial charge >= 0.3 is 0 Å². The first-order chi connectivity index (χ1) is 6.08. The average Bonchev–Trinajstić information content (AvgIpc) is 1.95. The average molecular weight is 311 g/mol. The maximum absolute atomic E-state index is 12.0. The van der Waals surface area contributed by atoms with Crippen LogP contribution in [-0.4, -0.2) is 21.9 Å². The van der Waals surface area contributed by atoms with Gasteiger partial charge in [-0.25, -0.2) is 0 Å². The van der Waals surface area contributed by atoms with Crippen molar-refractivity contribution in [2.45, 2.75) is 41.5 Å². The Balaban J connectivity index is 4.51. The van der Waals surface area contributed by atoms with Crippen LogP contribution in [0.1, 0.15) is 41.5 Å². The lowest BCUT2D eigenvalue weighted by atomic mass is 9.92. The fourth-order valence-electron chi connectivity index (χ4n) is 1.22. The predicted octanol–water partition coefficient (Wildman–Crippen LogP) is 3.30. The second-order valence-corrected chi connectivity index (χ2v) is 6.62. The predicted molar refractivity (Wildman–Crippen MR) is 69.5 cm³/mol. The molecule has 84 valence electrons. The van der Waals surface area contributed by atoms with Crippen LogP contribution >= 0.6 is 22.6 Å². The first-order valence-corrected chi connectivity index (χ1v) is 6.46. The minimum atomic E-state index is -0.267. The van der Waals surface area contributed by atoms with Gasteiger partial charge in [-0.05, 0) is 5.41 Å². The Morgan fingerprint density at radius 2 is 1.57 bits per heavy atom. The Labute approximate surface area is 102 Å². The summed E-state index contributed by atoms with van der Waals surface area (Å²) >= 11 is 2.25. The molecule has 1 amide bonds. The van der Waals surface area contributed by atoms with Gasteiger partial charge in [-0.15, -0.1) is 0 Å². The monoisotopic (exact) mass is 311 g/mol. The molecule has 2 nitrogen and oxygen atoms in total. The van der Waals surface area contributed by atoms with Gasteiger partial charge in [0.1, 0.15) is 0 Å². The van der Waals surface area contributed by atoms with Gasteiger partial charge in [0.25, 0.3) is 0 Å². The molecule has 0 aromatic carbocycles. The first kappa shape index (κ1) is 14.2. The number of carbonyl (C=O) groups is 1. The summed E-state index contributed by atoms with van der Waals surface area (Å²) in [6.45, 7) is 13.2. The summed E-state index contributed by atoms with van der Waals surface area (Å²) in [7, 11) is 0. The van der Waals surface area contributed by atoms with E-state index in [9.17, 15) is 4.79 Å². The molecule has 0 aliphatic rings. The second kappa shape index (κ2) is 4.81. The van der Waals surface area contributed by atoms with E-state index >= 15 is 0 Å². The molecule has 0 heterocycles. The summed E-state index contributed by atoms with van der Waals surface area (Å²) in [5.74, 6) is 0.238. The fourth-order valence-corrected chi connectivity index (χ4v) is 1.77. The number of halogens is 1. The number of alkyl halides is 1. The van der Waals surface area contributed by atoms with E-state index in [4.69, 9.17) is 0 Å². The lowest BCUT2D eigenvalue weighted by Gasteiger charge is -2.33. The number of carbonyl (C=O) groups excluding carboxylic acids is 1. The minimum absolute atomic E-state index is 0.173. The van der Waals surface area contributed by atoms with Crippen LogP contribution in [0.15, 0.2) is 0 Å². The van der Waals surface area contributed by atoms with Gasteiger partial charge in [0.2, 0.25) is 5.91 Å². The molecule has 0 saturated carbocycles. The van der Waals surface area contributed by atoms with Gasteiger partial charge in [0, 0.05) is 12.0 Å². The highest BCUT2D eigenvalue weighted by Crippen LogP contribution is 2.22.